The molecule has 0 bridgehead atoms. The number of alkyl halides is 3. The Morgan fingerprint density at radius 1 is 1.42 bits per heavy atom. The van der Waals surface area contributed by atoms with E-state index in [1.165, 1.54) is 12.1 Å². The lowest BCUT2D eigenvalue weighted by Gasteiger charge is -2.10. The normalized spacial score (nSPS) is 11.6. The van der Waals surface area contributed by atoms with E-state index < -0.39 is 24.7 Å². The lowest BCUT2D eigenvalue weighted by molar-refractivity contribution is 0.127. The van der Waals surface area contributed by atoms with Crippen molar-refractivity contribution in [2.45, 2.75) is 10.9 Å². The molecule has 12 heavy (non-hydrogen) atoms. The van der Waals surface area contributed by atoms with Gasteiger partial charge >= 0.3 is 3.93 Å². The predicted octanol–water partition coefficient (Wildman–Crippen LogP) is 3.45. The molecule has 0 heterocycles. The third kappa shape index (κ3) is 2.09. The summed E-state index contributed by atoms with van der Waals surface area (Å²) >= 11 is -1.31. The van der Waals surface area contributed by atoms with Crippen LogP contribution in [0.25, 0.3) is 0 Å². The average Bonchev–Trinajstić information content (AvgIpc) is 2.05. The highest BCUT2D eigenvalue weighted by Crippen LogP contribution is 2.38. The smallest absolute Gasteiger partial charge is 0.190 e. The zero-order valence-electron chi connectivity index (χ0n) is 6.65. The molecule has 0 radical (unpaired) electrons. The standard InChI is InChI=1S/C9H9F2I/c1-7-4-3-5-8(6-7)9(10,11)12-2/h3-6H,2H2,1H3. The molecule has 0 nitrogen and oxygen atoms in total. The summed E-state index contributed by atoms with van der Waals surface area (Å²) in [5.74, 6) is 0. The monoisotopic (exact) mass is 282 g/mol. The molecule has 0 unspecified atom stereocenters. The second-order valence-corrected chi connectivity index (χ2v) is 4.62. The topological polar surface area (TPSA) is 0 Å². The molecular weight excluding hydrogens is 273 g/mol. The minimum atomic E-state index is -2.68. The van der Waals surface area contributed by atoms with E-state index in [0.29, 0.717) is 0 Å². The summed E-state index contributed by atoms with van der Waals surface area (Å²) in [6.07, 6.45) is 0. The van der Waals surface area contributed by atoms with Crippen LogP contribution in [0.1, 0.15) is 11.1 Å². The third-order valence-electron chi connectivity index (χ3n) is 1.51. The van der Waals surface area contributed by atoms with Crippen LogP contribution in [-0.4, -0.2) is 4.51 Å². The van der Waals surface area contributed by atoms with Gasteiger partial charge in [0.05, 0.1) is 0 Å². The van der Waals surface area contributed by atoms with Crippen molar-refractivity contribution in [2.75, 3.05) is 0 Å². The Morgan fingerprint density at radius 2 is 2.08 bits per heavy atom. The largest absolute Gasteiger partial charge is 0.316 e. The fourth-order valence-electron chi connectivity index (χ4n) is 0.899. The highest BCUT2D eigenvalue weighted by atomic mass is 127. The molecule has 1 aromatic rings. The van der Waals surface area contributed by atoms with Gasteiger partial charge in [0.1, 0.15) is 0 Å². The van der Waals surface area contributed by atoms with Gasteiger partial charge in [-0.05, 0) is 33.7 Å². The molecule has 0 atom stereocenters. The van der Waals surface area contributed by atoms with Crippen LogP contribution in [0.3, 0.4) is 0 Å². The van der Waals surface area contributed by atoms with E-state index in [1.807, 2.05) is 0 Å². The maximum Gasteiger partial charge on any atom is 0.316 e. The molecule has 1 aromatic carbocycles. The van der Waals surface area contributed by atoms with Crippen LogP contribution in [0.4, 0.5) is 8.78 Å². The van der Waals surface area contributed by atoms with Crippen LogP contribution in [0.15, 0.2) is 24.3 Å². The van der Waals surface area contributed by atoms with Gasteiger partial charge in [0.2, 0.25) is 0 Å². The van der Waals surface area contributed by atoms with Crippen LogP contribution in [0.5, 0.6) is 0 Å². The van der Waals surface area contributed by atoms with Gasteiger partial charge in [-0.3, -0.25) is 0 Å². The van der Waals surface area contributed by atoms with Gasteiger partial charge in [0, 0.05) is 5.56 Å². The summed E-state index contributed by atoms with van der Waals surface area (Å²) in [6, 6.07) is 6.43. The maximum atomic E-state index is 13.1. The van der Waals surface area contributed by atoms with Crippen LogP contribution in [0.2, 0.25) is 0 Å². The molecule has 0 spiro atoms. The Kier molecular flexibility index (Phi) is 2.93. The third-order valence-corrected chi connectivity index (χ3v) is 3.09. The van der Waals surface area contributed by atoms with E-state index in [4.69, 9.17) is 0 Å². The van der Waals surface area contributed by atoms with Gasteiger partial charge in [-0.1, -0.05) is 28.3 Å². The Morgan fingerprint density at radius 3 is 2.58 bits per heavy atom. The van der Waals surface area contributed by atoms with Crippen molar-refractivity contribution in [3.05, 3.63) is 35.4 Å². The van der Waals surface area contributed by atoms with Crippen molar-refractivity contribution >= 4 is 25.2 Å². The lowest BCUT2D eigenvalue weighted by Crippen LogP contribution is -2.03. The van der Waals surface area contributed by atoms with Crippen LogP contribution >= 0.6 is 20.7 Å². The van der Waals surface area contributed by atoms with Gasteiger partial charge in [-0.2, -0.15) is 8.78 Å². The summed E-state index contributed by atoms with van der Waals surface area (Å²) in [6.45, 7) is 1.81. The van der Waals surface area contributed by atoms with Gasteiger partial charge in [0.25, 0.3) is 0 Å². The highest BCUT2D eigenvalue weighted by Gasteiger charge is 2.27. The van der Waals surface area contributed by atoms with E-state index in [2.05, 4.69) is 4.51 Å². The summed E-state index contributed by atoms with van der Waals surface area (Å²) in [5.41, 5.74) is 0.968. The quantitative estimate of drug-likeness (QED) is 0.575. The first-order valence-corrected chi connectivity index (χ1v) is 6.01. The highest BCUT2D eigenvalue weighted by molar-refractivity contribution is 14.2. The summed E-state index contributed by atoms with van der Waals surface area (Å²) in [5, 5.41) is 0. The Balaban J connectivity index is 3.11. The van der Waals surface area contributed by atoms with Crippen LogP contribution in [-0.2, 0) is 3.93 Å². The molecule has 1 rings (SSSR count). The Hall–Kier alpha value is -0.320. The molecule has 0 aliphatic heterocycles. The average molecular weight is 282 g/mol. The Bertz CT molecular complexity index is 294. The SMILES string of the molecule is C=IC(F)(F)c1cccc(C)c1. The van der Waals surface area contributed by atoms with Gasteiger partial charge in [-0.15, -0.1) is 0 Å². The second-order valence-electron chi connectivity index (χ2n) is 2.50. The molecule has 0 saturated heterocycles. The number of benzene rings is 1. The molecule has 0 aliphatic rings. The first-order valence-electron chi connectivity index (χ1n) is 3.41. The summed E-state index contributed by atoms with van der Waals surface area (Å²) < 4.78 is 26.8. The first-order chi connectivity index (χ1) is 5.56. The summed E-state index contributed by atoms with van der Waals surface area (Å²) in [4.78, 5) is 0. The van der Waals surface area contributed by atoms with Gasteiger partial charge in [0.15, 0.2) is 0 Å². The van der Waals surface area contributed by atoms with E-state index >= 15 is 0 Å². The number of halogens is 3. The van der Waals surface area contributed by atoms with E-state index in [-0.39, 0.29) is 5.56 Å². The fraction of sp³-hybridized carbons (Fsp3) is 0.222. The van der Waals surface area contributed by atoms with Crippen molar-refractivity contribution in [1.82, 2.24) is 0 Å². The molecule has 0 saturated carbocycles. The van der Waals surface area contributed by atoms with E-state index in [0.717, 1.165) is 5.56 Å². The van der Waals surface area contributed by atoms with Crippen molar-refractivity contribution in [2.24, 2.45) is 0 Å². The maximum absolute atomic E-state index is 13.1. The van der Waals surface area contributed by atoms with Gasteiger partial charge < -0.3 is 0 Å². The molecular formula is C9H9F2I. The number of hydrogen-bond acceptors (Lipinski definition) is 0. The summed E-state index contributed by atoms with van der Waals surface area (Å²) in [7, 11) is 0. The molecule has 66 valence electrons. The predicted molar refractivity (Wildman–Crippen MR) is 56.2 cm³/mol. The molecule has 3 heteroatoms. The second kappa shape index (κ2) is 3.60. The number of aryl methyl sites for hydroxylation is 1. The minimum Gasteiger partial charge on any atom is -0.190 e. The van der Waals surface area contributed by atoms with Gasteiger partial charge in [-0.25, -0.2) is 0 Å². The molecule has 0 aromatic heterocycles. The van der Waals surface area contributed by atoms with Crippen molar-refractivity contribution in [1.29, 1.82) is 0 Å². The molecule has 0 amide bonds. The zero-order valence-corrected chi connectivity index (χ0v) is 8.81. The minimum absolute atomic E-state index is 0.102. The van der Waals surface area contributed by atoms with Crippen LogP contribution < -0.4 is 0 Å². The first kappa shape index (κ1) is 9.77. The number of rotatable bonds is 2. The number of hydrogen-bond donors (Lipinski definition) is 0. The lowest BCUT2D eigenvalue weighted by atomic mass is 10.1. The van der Waals surface area contributed by atoms with Crippen molar-refractivity contribution < 1.29 is 8.78 Å². The fourth-order valence-corrected chi connectivity index (χ4v) is 1.67. The molecule has 0 aliphatic carbocycles. The molecule has 0 N–H and O–H groups in total. The molecule has 0 fully saturated rings. The van der Waals surface area contributed by atoms with Crippen LogP contribution in [0, 0.1) is 6.92 Å². The zero-order chi connectivity index (χ0) is 9.19. The van der Waals surface area contributed by atoms with Crippen molar-refractivity contribution in [3.8, 4) is 0 Å². The Labute approximate surface area is 80.4 Å². The van der Waals surface area contributed by atoms with Crippen molar-refractivity contribution in [3.63, 3.8) is 0 Å². The van der Waals surface area contributed by atoms with E-state index in [9.17, 15) is 8.78 Å². The van der Waals surface area contributed by atoms with E-state index in [1.54, 1.807) is 19.1 Å².